The van der Waals surface area contributed by atoms with E-state index >= 15 is 0 Å². The van der Waals surface area contributed by atoms with E-state index in [0.717, 1.165) is 11.1 Å². The fourth-order valence-corrected chi connectivity index (χ4v) is 2.06. The average molecular weight is 316 g/mol. The van der Waals surface area contributed by atoms with Crippen LogP contribution in [0.25, 0.3) is 0 Å². The number of aliphatic hydroxyl groups is 1. The van der Waals surface area contributed by atoms with E-state index in [1.54, 1.807) is 13.0 Å². The molecule has 2 amide bonds. The Morgan fingerprint density at radius 2 is 1.83 bits per heavy atom. The second-order valence-corrected chi connectivity index (χ2v) is 5.30. The smallest absolute Gasteiger partial charge is 0.255 e. The molecule has 0 saturated carbocycles. The van der Waals surface area contributed by atoms with Gasteiger partial charge in [0.05, 0.1) is 24.5 Å². The van der Waals surface area contributed by atoms with Crippen LogP contribution in [0.5, 0.6) is 0 Å². The Labute approximate surface area is 134 Å². The molecular formula is C17H20N2O4. The van der Waals surface area contributed by atoms with E-state index in [0.29, 0.717) is 11.3 Å². The first-order valence-corrected chi connectivity index (χ1v) is 7.31. The molecule has 0 radical (unpaired) electrons. The van der Waals surface area contributed by atoms with Gasteiger partial charge in [0.25, 0.3) is 5.91 Å². The highest BCUT2D eigenvalue weighted by atomic mass is 16.3. The zero-order chi connectivity index (χ0) is 16.8. The Balaban J connectivity index is 1.76. The van der Waals surface area contributed by atoms with E-state index in [2.05, 4.69) is 10.6 Å². The highest BCUT2D eigenvalue weighted by Gasteiger charge is 2.13. The van der Waals surface area contributed by atoms with Crippen LogP contribution < -0.4 is 10.6 Å². The van der Waals surface area contributed by atoms with Gasteiger partial charge in [0, 0.05) is 6.54 Å². The summed E-state index contributed by atoms with van der Waals surface area (Å²) in [4.78, 5) is 23.6. The molecule has 1 heterocycles. The summed E-state index contributed by atoms with van der Waals surface area (Å²) in [6.45, 7) is 3.56. The lowest BCUT2D eigenvalue weighted by molar-refractivity contribution is -0.120. The van der Waals surface area contributed by atoms with E-state index in [-0.39, 0.29) is 24.9 Å². The highest BCUT2D eigenvalue weighted by molar-refractivity contribution is 5.97. The molecule has 1 aromatic heterocycles. The Bertz CT molecular complexity index is 676. The minimum atomic E-state index is -0.786. The Morgan fingerprint density at radius 3 is 2.43 bits per heavy atom. The molecule has 6 nitrogen and oxygen atoms in total. The van der Waals surface area contributed by atoms with Crippen molar-refractivity contribution < 1.29 is 19.1 Å². The van der Waals surface area contributed by atoms with E-state index in [1.807, 2.05) is 31.2 Å². The lowest BCUT2D eigenvalue weighted by Gasteiger charge is -2.13. The lowest BCUT2D eigenvalue weighted by atomic mass is 10.1. The van der Waals surface area contributed by atoms with Crippen LogP contribution in [0.15, 0.2) is 41.0 Å². The van der Waals surface area contributed by atoms with Crippen molar-refractivity contribution in [2.75, 3.05) is 13.1 Å². The first kappa shape index (κ1) is 16.8. The van der Waals surface area contributed by atoms with Gasteiger partial charge in [0.15, 0.2) is 0 Å². The highest BCUT2D eigenvalue weighted by Crippen LogP contribution is 2.12. The van der Waals surface area contributed by atoms with Gasteiger partial charge >= 0.3 is 0 Å². The summed E-state index contributed by atoms with van der Waals surface area (Å²) < 4.78 is 5.03. The molecule has 0 fully saturated rings. The number of carbonyl (C=O) groups excluding carboxylic acids is 2. The lowest BCUT2D eigenvalue weighted by Crippen LogP contribution is -2.38. The molecule has 0 aliphatic rings. The van der Waals surface area contributed by atoms with Crippen LogP contribution in [0.2, 0.25) is 0 Å². The zero-order valence-corrected chi connectivity index (χ0v) is 13.1. The molecule has 122 valence electrons. The summed E-state index contributed by atoms with van der Waals surface area (Å²) in [5.74, 6) is -0.242. The van der Waals surface area contributed by atoms with Crippen molar-refractivity contribution in [3.8, 4) is 0 Å². The van der Waals surface area contributed by atoms with Gasteiger partial charge in [-0.05, 0) is 25.5 Å². The normalized spacial score (nSPS) is 11.8. The molecule has 2 rings (SSSR count). The number of furan rings is 1. The molecular weight excluding hydrogens is 296 g/mol. The van der Waals surface area contributed by atoms with Crippen molar-refractivity contribution in [1.29, 1.82) is 0 Å². The molecule has 2 aromatic rings. The van der Waals surface area contributed by atoms with Gasteiger partial charge in [-0.2, -0.15) is 0 Å². The molecule has 6 heteroatoms. The maximum Gasteiger partial charge on any atom is 0.255 e. The van der Waals surface area contributed by atoms with Crippen LogP contribution in [0.4, 0.5) is 0 Å². The Kier molecular flexibility index (Phi) is 5.54. The van der Waals surface area contributed by atoms with Crippen LogP contribution in [0.3, 0.4) is 0 Å². The number of amides is 2. The van der Waals surface area contributed by atoms with Crippen molar-refractivity contribution in [1.82, 2.24) is 10.6 Å². The number of benzene rings is 1. The number of aryl methyl sites for hydroxylation is 2. The van der Waals surface area contributed by atoms with E-state index < -0.39 is 6.10 Å². The summed E-state index contributed by atoms with van der Waals surface area (Å²) in [6.07, 6.45) is 0.633. The third kappa shape index (κ3) is 4.69. The summed E-state index contributed by atoms with van der Waals surface area (Å²) in [6, 6.07) is 8.97. The third-order valence-corrected chi connectivity index (χ3v) is 3.47. The van der Waals surface area contributed by atoms with Crippen LogP contribution in [0.1, 0.15) is 33.3 Å². The second kappa shape index (κ2) is 7.60. The quantitative estimate of drug-likeness (QED) is 0.752. The largest absolute Gasteiger partial charge is 0.469 e. The van der Waals surface area contributed by atoms with Crippen LogP contribution >= 0.6 is 0 Å². The van der Waals surface area contributed by atoms with Gasteiger partial charge in [-0.15, -0.1) is 0 Å². The standard InChI is InChI=1S/C17H20N2O4/c1-11-3-5-13(6-4-11)15(20)9-18-16(21)10-19-17(22)14-7-8-23-12(14)2/h3-8,15,20H,9-10H2,1-2H3,(H,18,21)(H,19,22)/t15-/m1/s1. The number of hydrogen-bond donors (Lipinski definition) is 3. The summed E-state index contributed by atoms with van der Waals surface area (Å²) in [7, 11) is 0. The van der Waals surface area contributed by atoms with E-state index in [4.69, 9.17) is 4.42 Å². The zero-order valence-electron chi connectivity index (χ0n) is 13.1. The van der Waals surface area contributed by atoms with Crippen LogP contribution in [-0.4, -0.2) is 30.0 Å². The first-order valence-electron chi connectivity index (χ1n) is 7.31. The number of carbonyl (C=O) groups is 2. The first-order chi connectivity index (χ1) is 11.0. The molecule has 1 atom stereocenters. The third-order valence-electron chi connectivity index (χ3n) is 3.47. The molecule has 0 spiro atoms. The van der Waals surface area contributed by atoms with Crippen molar-refractivity contribution in [3.05, 3.63) is 59.0 Å². The minimum Gasteiger partial charge on any atom is -0.469 e. The second-order valence-electron chi connectivity index (χ2n) is 5.30. The topological polar surface area (TPSA) is 91.6 Å². The SMILES string of the molecule is Cc1ccc([C@H](O)CNC(=O)CNC(=O)c2ccoc2C)cc1. The monoisotopic (exact) mass is 316 g/mol. The number of rotatable bonds is 6. The molecule has 0 aliphatic heterocycles. The Hall–Kier alpha value is -2.60. The van der Waals surface area contributed by atoms with Crippen LogP contribution in [-0.2, 0) is 4.79 Å². The van der Waals surface area contributed by atoms with Crippen molar-refractivity contribution in [2.24, 2.45) is 0 Å². The van der Waals surface area contributed by atoms with E-state index in [1.165, 1.54) is 6.26 Å². The van der Waals surface area contributed by atoms with Crippen molar-refractivity contribution >= 4 is 11.8 Å². The maximum absolute atomic E-state index is 11.8. The fourth-order valence-electron chi connectivity index (χ4n) is 2.06. The van der Waals surface area contributed by atoms with Crippen LogP contribution in [0, 0.1) is 13.8 Å². The molecule has 3 N–H and O–H groups in total. The van der Waals surface area contributed by atoms with Gasteiger partial charge in [0.2, 0.25) is 5.91 Å². The Morgan fingerprint density at radius 1 is 1.13 bits per heavy atom. The molecule has 0 bridgehead atoms. The summed E-state index contributed by atoms with van der Waals surface area (Å²) >= 11 is 0. The van der Waals surface area contributed by atoms with Gasteiger partial charge in [-0.1, -0.05) is 29.8 Å². The minimum absolute atomic E-state index is 0.0858. The average Bonchev–Trinajstić information content (AvgIpc) is 2.97. The van der Waals surface area contributed by atoms with Gasteiger partial charge < -0.3 is 20.2 Å². The number of hydrogen-bond acceptors (Lipinski definition) is 4. The summed E-state index contributed by atoms with van der Waals surface area (Å²) in [5.41, 5.74) is 2.23. The predicted molar refractivity (Wildman–Crippen MR) is 84.9 cm³/mol. The summed E-state index contributed by atoms with van der Waals surface area (Å²) in [5, 5.41) is 15.1. The molecule has 0 saturated heterocycles. The van der Waals surface area contributed by atoms with Crippen molar-refractivity contribution in [2.45, 2.75) is 20.0 Å². The van der Waals surface area contributed by atoms with Gasteiger partial charge in [-0.25, -0.2) is 0 Å². The molecule has 23 heavy (non-hydrogen) atoms. The number of aliphatic hydroxyl groups excluding tert-OH is 1. The molecule has 1 aromatic carbocycles. The predicted octanol–water partition coefficient (Wildman–Crippen LogP) is 1.48. The molecule has 0 unspecified atom stereocenters. The van der Waals surface area contributed by atoms with E-state index in [9.17, 15) is 14.7 Å². The molecule has 0 aliphatic carbocycles. The number of nitrogens with one attached hydrogen (secondary N) is 2. The van der Waals surface area contributed by atoms with Gasteiger partial charge in [-0.3, -0.25) is 9.59 Å². The van der Waals surface area contributed by atoms with Gasteiger partial charge in [0.1, 0.15) is 5.76 Å². The van der Waals surface area contributed by atoms with Crippen molar-refractivity contribution in [3.63, 3.8) is 0 Å². The maximum atomic E-state index is 11.8. The fraction of sp³-hybridized carbons (Fsp3) is 0.294.